The predicted octanol–water partition coefficient (Wildman–Crippen LogP) is 3.40. The molecule has 0 atom stereocenters. The average Bonchev–Trinajstić information content (AvgIpc) is 3.25. The van der Waals surface area contributed by atoms with E-state index in [1.165, 1.54) is 11.8 Å². The molecule has 2 saturated heterocycles. The molecule has 0 saturated carbocycles. The zero-order valence-corrected chi connectivity index (χ0v) is 18.0. The van der Waals surface area contributed by atoms with Crippen LogP contribution in [-0.4, -0.2) is 44.7 Å². The van der Waals surface area contributed by atoms with E-state index in [0.29, 0.717) is 11.8 Å². The van der Waals surface area contributed by atoms with Gasteiger partial charge in [0.1, 0.15) is 11.8 Å². The van der Waals surface area contributed by atoms with Crippen LogP contribution in [0.2, 0.25) is 0 Å². The van der Waals surface area contributed by atoms with Crippen molar-refractivity contribution in [3.8, 4) is 6.07 Å². The van der Waals surface area contributed by atoms with Crippen LogP contribution < -0.4 is 10.2 Å². The van der Waals surface area contributed by atoms with Crippen LogP contribution >= 0.6 is 0 Å². The van der Waals surface area contributed by atoms with E-state index in [1.54, 1.807) is 0 Å². The Labute approximate surface area is 179 Å². The van der Waals surface area contributed by atoms with Crippen LogP contribution in [0, 0.1) is 17.2 Å². The summed E-state index contributed by atoms with van der Waals surface area (Å²) in [6, 6.07) is 8.20. The number of carbonyl (C=O) groups is 1. The van der Waals surface area contributed by atoms with Gasteiger partial charge in [0.15, 0.2) is 5.82 Å². The summed E-state index contributed by atoms with van der Waals surface area (Å²) in [5, 5.41) is 11.9. The summed E-state index contributed by atoms with van der Waals surface area (Å²) >= 11 is 0. The first-order chi connectivity index (χ1) is 14.5. The normalized spacial score (nSPS) is 22.5. The van der Waals surface area contributed by atoms with Gasteiger partial charge < -0.3 is 15.2 Å². The lowest BCUT2D eigenvalue weighted by Gasteiger charge is -2.34. The summed E-state index contributed by atoms with van der Waals surface area (Å²) < 4.78 is 11.7. The van der Waals surface area contributed by atoms with Crippen LogP contribution in [0.4, 0.5) is 11.4 Å². The molecule has 2 aromatic rings. The van der Waals surface area contributed by atoms with E-state index in [9.17, 15) is 9.00 Å². The van der Waals surface area contributed by atoms with Crippen LogP contribution in [0.1, 0.15) is 60.4 Å². The number of aromatic nitrogens is 2. The fourth-order valence-corrected chi connectivity index (χ4v) is 5.52. The first-order valence-corrected chi connectivity index (χ1v) is 12.0. The van der Waals surface area contributed by atoms with Gasteiger partial charge >= 0.3 is 0 Å². The van der Waals surface area contributed by atoms with Gasteiger partial charge in [0, 0.05) is 35.4 Å². The number of benzene rings is 1. The number of aromatic amines is 1. The monoisotopic (exact) mass is 425 g/mol. The lowest BCUT2D eigenvalue weighted by Crippen LogP contribution is -2.33. The third-order valence-corrected chi connectivity index (χ3v) is 7.55. The van der Waals surface area contributed by atoms with Gasteiger partial charge in [-0.3, -0.25) is 9.00 Å². The van der Waals surface area contributed by atoms with Crippen molar-refractivity contribution in [2.75, 3.05) is 34.8 Å². The molecule has 0 bridgehead atoms. The van der Waals surface area contributed by atoms with Crippen molar-refractivity contribution in [3.63, 3.8) is 0 Å². The largest absolute Gasteiger partial charge is 0.370 e. The molecule has 30 heavy (non-hydrogen) atoms. The van der Waals surface area contributed by atoms with E-state index in [2.05, 4.69) is 39.2 Å². The highest BCUT2D eigenvalue weighted by atomic mass is 32.2. The molecule has 8 heteroatoms. The van der Waals surface area contributed by atoms with Crippen LogP contribution in [0.15, 0.2) is 24.4 Å². The molecule has 1 aromatic carbocycles. The highest BCUT2D eigenvalue weighted by Crippen LogP contribution is 2.36. The van der Waals surface area contributed by atoms with Crippen LogP contribution in [0.3, 0.4) is 0 Å². The number of piperidine rings is 1. The van der Waals surface area contributed by atoms with E-state index in [-0.39, 0.29) is 17.4 Å². The van der Waals surface area contributed by atoms with Gasteiger partial charge in [-0.1, -0.05) is 13.0 Å². The van der Waals surface area contributed by atoms with E-state index in [0.717, 1.165) is 61.7 Å². The topological polar surface area (TPSA) is 102 Å². The van der Waals surface area contributed by atoms with E-state index in [1.807, 2.05) is 12.1 Å². The molecule has 1 aromatic heterocycles. The number of anilines is 2. The Morgan fingerprint density at radius 2 is 2.00 bits per heavy atom. The van der Waals surface area contributed by atoms with Crippen molar-refractivity contribution in [1.82, 2.24) is 9.97 Å². The highest BCUT2D eigenvalue weighted by Gasteiger charge is 2.24. The molecule has 1 amide bonds. The fraction of sp³-hybridized carbons (Fsp3) is 0.500. The predicted molar refractivity (Wildman–Crippen MR) is 118 cm³/mol. The maximum atomic E-state index is 12.7. The second kappa shape index (κ2) is 9.00. The zero-order chi connectivity index (χ0) is 21.1. The minimum atomic E-state index is -0.681. The van der Waals surface area contributed by atoms with Crippen molar-refractivity contribution < 1.29 is 9.00 Å². The highest BCUT2D eigenvalue weighted by molar-refractivity contribution is 7.85. The third-order valence-electron chi connectivity index (χ3n) is 6.17. The van der Waals surface area contributed by atoms with Crippen LogP contribution in [0.25, 0.3) is 0 Å². The molecule has 2 aliphatic heterocycles. The lowest BCUT2D eigenvalue weighted by molar-refractivity contribution is 0.101. The van der Waals surface area contributed by atoms with Crippen LogP contribution in [-0.2, 0) is 10.8 Å². The number of nitrogens with one attached hydrogen (secondary N) is 2. The van der Waals surface area contributed by atoms with Crippen LogP contribution in [0.5, 0.6) is 0 Å². The molecular formula is C22H27N5O2S. The zero-order valence-electron chi connectivity index (χ0n) is 17.2. The summed E-state index contributed by atoms with van der Waals surface area (Å²) in [7, 11) is -0.681. The SMILES string of the molecule is CC1CCN(c2cc(C3CCS(=O)CC3)ccc2NC(=O)c2ncc(C#N)[nH]2)CC1. The minimum Gasteiger partial charge on any atom is -0.370 e. The second-order valence-electron chi connectivity index (χ2n) is 8.28. The molecule has 0 spiro atoms. The number of nitrogens with zero attached hydrogens (tertiary/aromatic N) is 3. The number of H-pyrrole nitrogens is 1. The van der Waals surface area contributed by atoms with Gasteiger partial charge in [-0.2, -0.15) is 5.26 Å². The molecule has 2 aliphatic rings. The van der Waals surface area contributed by atoms with Crippen molar-refractivity contribution in [3.05, 3.63) is 41.5 Å². The Morgan fingerprint density at radius 1 is 1.27 bits per heavy atom. The molecule has 2 N–H and O–H groups in total. The number of amides is 1. The number of hydrogen-bond acceptors (Lipinski definition) is 5. The number of hydrogen-bond donors (Lipinski definition) is 2. The van der Waals surface area contributed by atoms with Gasteiger partial charge in [0.25, 0.3) is 5.91 Å². The average molecular weight is 426 g/mol. The van der Waals surface area contributed by atoms with E-state index < -0.39 is 10.8 Å². The molecule has 158 valence electrons. The van der Waals surface area contributed by atoms with Gasteiger partial charge in [-0.25, -0.2) is 4.98 Å². The summed E-state index contributed by atoms with van der Waals surface area (Å²) in [6.45, 7) is 4.20. The van der Waals surface area contributed by atoms with Crippen molar-refractivity contribution in [2.45, 2.75) is 38.5 Å². The maximum Gasteiger partial charge on any atom is 0.291 e. The molecule has 0 aliphatic carbocycles. The fourth-order valence-electron chi connectivity index (χ4n) is 4.22. The molecule has 3 heterocycles. The third kappa shape index (κ3) is 4.57. The van der Waals surface area contributed by atoms with E-state index >= 15 is 0 Å². The Bertz CT molecular complexity index is 978. The molecular weight excluding hydrogens is 398 g/mol. The first-order valence-electron chi connectivity index (χ1n) is 10.5. The van der Waals surface area contributed by atoms with Crippen molar-refractivity contribution in [2.24, 2.45) is 5.92 Å². The molecule has 0 radical (unpaired) electrons. The quantitative estimate of drug-likeness (QED) is 0.782. The molecule has 2 fully saturated rings. The van der Waals surface area contributed by atoms with Crippen molar-refractivity contribution in [1.29, 1.82) is 5.26 Å². The number of imidazole rings is 1. The number of rotatable bonds is 4. The summed E-state index contributed by atoms with van der Waals surface area (Å²) in [5.41, 5.74) is 3.30. The number of nitriles is 1. The Kier molecular flexibility index (Phi) is 6.18. The Morgan fingerprint density at radius 3 is 2.67 bits per heavy atom. The maximum absolute atomic E-state index is 12.7. The summed E-state index contributed by atoms with van der Waals surface area (Å²) in [4.78, 5) is 21.8. The molecule has 4 rings (SSSR count). The van der Waals surface area contributed by atoms with Crippen molar-refractivity contribution >= 4 is 28.1 Å². The summed E-state index contributed by atoms with van der Waals surface area (Å²) in [5.74, 6) is 2.42. The Balaban J connectivity index is 1.60. The second-order valence-corrected chi connectivity index (χ2v) is 9.98. The molecule has 7 nitrogen and oxygen atoms in total. The van der Waals surface area contributed by atoms with Gasteiger partial charge in [-0.05, 0) is 55.2 Å². The van der Waals surface area contributed by atoms with Gasteiger partial charge in [0.05, 0.1) is 17.6 Å². The van der Waals surface area contributed by atoms with Gasteiger partial charge in [-0.15, -0.1) is 0 Å². The molecule has 0 unspecified atom stereocenters. The minimum absolute atomic E-state index is 0.128. The number of carbonyl (C=O) groups excluding carboxylic acids is 1. The Hall–Kier alpha value is -2.66. The summed E-state index contributed by atoms with van der Waals surface area (Å²) in [6.07, 6.45) is 5.50. The van der Waals surface area contributed by atoms with Gasteiger partial charge in [0.2, 0.25) is 0 Å². The smallest absolute Gasteiger partial charge is 0.291 e. The van der Waals surface area contributed by atoms with E-state index in [4.69, 9.17) is 5.26 Å². The first kappa shape index (κ1) is 20.6. The standard InChI is InChI=1S/C22H27N5O2S/c1-15-4-8-27(9-5-15)20-12-17(16-6-10-30(29)11-7-16)2-3-19(20)26-22(28)21-24-14-18(13-23)25-21/h2-3,12,14-16H,4-11H2,1H3,(H,24,25)(H,26,28). The lowest BCUT2D eigenvalue weighted by atomic mass is 9.92.